The lowest BCUT2D eigenvalue weighted by molar-refractivity contribution is 0.100. The number of nitrogens with zero attached hydrogens (tertiary/aromatic N) is 5. The number of aromatic nitrogens is 5. The van der Waals surface area contributed by atoms with Crippen molar-refractivity contribution in [3.8, 4) is 22.5 Å². The van der Waals surface area contributed by atoms with E-state index >= 15 is 0 Å². The van der Waals surface area contributed by atoms with Crippen LogP contribution in [0.1, 0.15) is 30.2 Å². The summed E-state index contributed by atoms with van der Waals surface area (Å²) in [6.07, 6.45) is 3.49. The number of hydrogen-bond acceptors (Lipinski definition) is 7. The van der Waals surface area contributed by atoms with Gasteiger partial charge >= 0.3 is 0 Å². The fraction of sp³-hybridized carbons (Fsp3) is 0.136. The van der Waals surface area contributed by atoms with E-state index in [-0.39, 0.29) is 6.04 Å². The third-order valence-electron chi connectivity index (χ3n) is 4.75. The molecule has 0 saturated heterocycles. The van der Waals surface area contributed by atoms with Crippen LogP contribution >= 0.6 is 0 Å². The second-order valence-electron chi connectivity index (χ2n) is 7.28. The number of carbonyl (C=O) groups excluding carboxylic acids is 1. The molecule has 0 aliphatic rings. The molecule has 0 fully saturated rings. The van der Waals surface area contributed by atoms with Crippen LogP contribution in [0.25, 0.3) is 22.5 Å². The lowest BCUT2D eigenvalue weighted by Crippen LogP contribution is -2.13. The molecule has 9 heteroatoms. The molecule has 4 aromatic rings. The highest BCUT2D eigenvalue weighted by Gasteiger charge is 2.14. The Bertz CT molecular complexity index is 1250. The standard InChI is InChI=1S/C22H22N8O/c1-13(2)30-12-20(28-29-30)19-9-10-25-22(27-19)26-14-7-8-16(21(24)31)17(11-14)15-5-3-4-6-18(15)23/h3-13H,23H2,1-2H3,(H2,24,31)(H,25,26,27). The van der Waals surface area contributed by atoms with Gasteiger partial charge in [0.1, 0.15) is 5.69 Å². The third kappa shape index (κ3) is 4.20. The van der Waals surface area contributed by atoms with Gasteiger partial charge in [-0.25, -0.2) is 14.6 Å². The smallest absolute Gasteiger partial charge is 0.249 e. The van der Waals surface area contributed by atoms with Crippen LogP contribution in [-0.4, -0.2) is 30.9 Å². The van der Waals surface area contributed by atoms with Gasteiger partial charge in [-0.3, -0.25) is 4.79 Å². The number of carbonyl (C=O) groups is 1. The highest BCUT2D eigenvalue weighted by atomic mass is 16.1. The molecule has 1 amide bonds. The largest absolute Gasteiger partial charge is 0.398 e. The van der Waals surface area contributed by atoms with Gasteiger partial charge < -0.3 is 16.8 Å². The van der Waals surface area contributed by atoms with Crippen LogP contribution in [0.15, 0.2) is 60.9 Å². The molecule has 2 heterocycles. The van der Waals surface area contributed by atoms with Gasteiger partial charge in [0.05, 0.1) is 11.9 Å². The second kappa shape index (κ2) is 8.23. The summed E-state index contributed by atoms with van der Waals surface area (Å²) in [5.41, 5.74) is 16.0. The minimum absolute atomic E-state index is 0.202. The predicted octanol–water partition coefficient (Wildman–Crippen LogP) is 3.41. The Kier molecular flexibility index (Phi) is 5.31. The van der Waals surface area contributed by atoms with E-state index in [9.17, 15) is 4.79 Å². The topological polar surface area (TPSA) is 138 Å². The number of amides is 1. The lowest BCUT2D eigenvalue weighted by atomic mass is 9.97. The molecule has 2 aromatic heterocycles. The number of rotatable bonds is 6. The van der Waals surface area contributed by atoms with E-state index in [0.717, 1.165) is 5.56 Å². The van der Waals surface area contributed by atoms with Crippen molar-refractivity contribution in [1.82, 2.24) is 25.0 Å². The molecule has 0 saturated carbocycles. The molecule has 0 aliphatic heterocycles. The Morgan fingerprint density at radius 3 is 2.58 bits per heavy atom. The Hall–Kier alpha value is -4.27. The third-order valence-corrected chi connectivity index (χ3v) is 4.75. The molecule has 2 aromatic carbocycles. The summed E-state index contributed by atoms with van der Waals surface area (Å²) in [5.74, 6) is -0.147. The highest BCUT2D eigenvalue weighted by molar-refractivity contribution is 6.02. The van der Waals surface area contributed by atoms with Crippen molar-refractivity contribution in [3.05, 3.63) is 66.5 Å². The van der Waals surface area contributed by atoms with Gasteiger partial charge in [-0.05, 0) is 49.7 Å². The molecule has 0 aliphatic carbocycles. The van der Waals surface area contributed by atoms with Crippen molar-refractivity contribution in [1.29, 1.82) is 0 Å². The van der Waals surface area contributed by atoms with Crippen molar-refractivity contribution in [3.63, 3.8) is 0 Å². The van der Waals surface area contributed by atoms with Gasteiger partial charge in [-0.15, -0.1) is 5.10 Å². The van der Waals surface area contributed by atoms with E-state index < -0.39 is 5.91 Å². The first-order valence-electron chi connectivity index (χ1n) is 9.73. The molecule has 0 radical (unpaired) electrons. The fourth-order valence-corrected chi connectivity index (χ4v) is 3.14. The van der Waals surface area contributed by atoms with Crippen molar-refractivity contribution >= 4 is 23.2 Å². The molecule has 5 N–H and O–H groups in total. The van der Waals surface area contributed by atoms with E-state index in [1.807, 2.05) is 38.2 Å². The van der Waals surface area contributed by atoms with E-state index in [1.165, 1.54) is 0 Å². The number of benzene rings is 2. The van der Waals surface area contributed by atoms with Crippen LogP contribution in [0.2, 0.25) is 0 Å². The number of para-hydroxylation sites is 1. The number of nitrogen functional groups attached to an aromatic ring is 1. The zero-order valence-corrected chi connectivity index (χ0v) is 17.1. The van der Waals surface area contributed by atoms with Crippen molar-refractivity contribution in [2.75, 3.05) is 11.1 Å². The molecule has 0 spiro atoms. The summed E-state index contributed by atoms with van der Waals surface area (Å²) in [6, 6.07) is 14.5. The molecular weight excluding hydrogens is 392 g/mol. The van der Waals surface area contributed by atoms with Crippen LogP contribution in [0.4, 0.5) is 17.3 Å². The monoisotopic (exact) mass is 414 g/mol. The minimum Gasteiger partial charge on any atom is -0.398 e. The summed E-state index contributed by atoms with van der Waals surface area (Å²) in [4.78, 5) is 20.8. The van der Waals surface area contributed by atoms with Gasteiger partial charge in [0.15, 0.2) is 0 Å². The molecule has 0 atom stereocenters. The first kappa shape index (κ1) is 20.0. The number of hydrogen-bond donors (Lipinski definition) is 3. The number of anilines is 3. The zero-order valence-electron chi connectivity index (χ0n) is 17.1. The van der Waals surface area contributed by atoms with Crippen molar-refractivity contribution in [2.45, 2.75) is 19.9 Å². The SMILES string of the molecule is CC(C)n1cc(-c2ccnc(Nc3ccc(C(N)=O)c(-c4ccccc4N)c3)n2)nn1. The van der Waals surface area contributed by atoms with Crippen molar-refractivity contribution in [2.24, 2.45) is 5.73 Å². The van der Waals surface area contributed by atoms with Gasteiger partial charge in [-0.1, -0.05) is 23.4 Å². The maximum atomic E-state index is 11.9. The summed E-state index contributed by atoms with van der Waals surface area (Å²) >= 11 is 0. The number of nitrogens with one attached hydrogen (secondary N) is 1. The average Bonchev–Trinajstić information content (AvgIpc) is 3.25. The van der Waals surface area contributed by atoms with E-state index in [4.69, 9.17) is 11.5 Å². The second-order valence-corrected chi connectivity index (χ2v) is 7.28. The van der Waals surface area contributed by atoms with Crippen LogP contribution < -0.4 is 16.8 Å². The Balaban J connectivity index is 1.68. The molecule has 0 bridgehead atoms. The first-order chi connectivity index (χ1) is 14.9. The number of nitrogens with two attached hydrogens (primary N) is 2. The Morgan fingerprint density at radius 2 is 1.87 bits per heavy atom. The Labute approximate surface area is 179 Å². The highest BCUT2D eigenvalue weighted by Crippen LogP contribution is 2.32. The molecule has 156 valence electrons. The van der Waals surface area contributed by atoms with Crippen LogP contribution in [-0.2, 0) is 0 Å². The maximum absolute atomic E-state index is 11.9. The summed E-state index contributed by atoms with van der Waals surface area (Å²) in [5, 5.41) is 11.5. The van der Waals surface area contributed by atoms with Gasteiger partial charge in [-0.2, -0.15) is 0 Å². The molecular formula is C22H22N8O. The van der Waals surface area contributed by atoms with Crippen LogP contribution in [0.3, 0.4) is 0 Å². The normalized spacial score (nSPS) is 10.9. The summed E-state index contributed by atoms with van der Waals surface area (Å²) in [7, 11) is 0. The van der Waals surface area contributed by atoms with Gasteiger partial charge in [0.2, 0.25) is 11.9 Å². The first-order valence-corrected chi connectivity index (χ1v) is 9.73. The van der Waals surface area contributed by atoms with Gasteiger partial charge in [0, 0.05) is 34.7 Å². The average molecular weight is 414 g/mol. The lowest BCUT2D eigenvalue weighted by Gasteiger charge is -2.13. The van der Waals surface area contributed by atoms with E-state index in [0.29, 0.717) is 39.8 Å². The minimum atomic E-state index is -0.531. The predicted molar refractivity (Wildman–Crippen MR) is 120 cm³/mol. The summed E-state index contributed by atoms with van der Waals surface area (Å²) in [6.45, 7) is 4.05. The quantitative estimate of drug-likeness (QED) is 0.411. The van der Waals surface area contributed by atoms with Crippen molar-refractivity contribution < 1.29 is 4.79 Å². The summed E-state index contributed by atoms with van der Waals surface area (Å²) < 4.78 is 1.77. The van der Waals surface area contributed by atoms with E-state index in [1.54, 1.807) is 41.2 Å². The zero-order chi connectivity index (χ0) is 22.0. The molecule has 9 nitrogen and oxygen atoms in total. The van der Waals surface area contributed by atoms with Crippen LogP contribution in [0.5, 0.6) is 0 Å². The molecule has 4 rings (SSSR count). The fourth-order valence-electron chi connectivity index (χ4n) is 3.14. The molecule has 0 unspecified atom stereocenters. The van der Waals surface area contributed by atoms with Crippen LogP contribution in [0, 0.1) is 0 Å². The van der Waals surface area contributed by atoms with E-state index in [2.05, 4.69) is 25.6 Å². The number of primary amides is 1. The van der Waals surface area contributed by atoms with Gasteiger partial charge in [0.25, 0.3) is 0 Å². The molecule has 31 heavy (non-hydrogen) atoms. The Morgan fingerprint density at radius 1 is 1.06 bits per heavy atom. The maximum Gasteiger partial charge on any atom is 0.249 e.